The Morgan fingerprint density at radius 2 is 2.00 bits per heavy atom. The zero-order valence-electron chi connectivity index (χ0n) is 6.88. The summed E-state index contributed by atoms with van der Waals surface area (Å²) in [5.74, 6) is 2.42. The van der Waals surface area contributed by atoms with E-state index in [1.165, 1.54) is 0 Å². The maximum atomic E-state index is 5.18. The summed E-state index contributed by atoms with van der Waals surface area (Å²) in [6, 6.07) is 9.70. The Kier molecular flexibility index (Phi) is 1.81. The lowest BCUT2D eigenvalue weighted by Crippen LogP contribution is -1.93. The molecule has 13 heavy (non-hydrogen) atoms. The van der Waals surface area contributed by atoms with E-state index in [4.69, 9.17) is 6.42 Å². The lowest BCUT2D eigenvalue weighted by molar-refractivity contribution is 0.802. The maximum absolute atomic E-state index is 5.18. The minimum Gasteiger partial charge on any atom is -0.219 e. The Hall–Kier alpha value is -2.08. The zero-order chi connectivity index (χ0) is 9.10. The summed E-state index contributed by atoms with van der Waals surface area (Å²) in [6.45, 7) is 0. The van der Waals surface area contributed by atoms with E-state index in [9.17, 15) is 0 Å². The SMILES string of the molecule is C#Cc1cn(-c2ccccc2)nn1. The molecule has 0 saturated heterocycles. The fourth-order valence-corrected chi connectivity index (χ4v) is 1.04. The Morgan fingerprint density at radius 3 is 2.62 bits per heavy atom. The average molecular weight is 169 g/mol. The standard InChI is InChI=1S/C10H7N3/c1-2-9-8-13(12-11-9)10-6-4-3-5-7-10/h1,3-8H. The number of rotatable bonds is 1. The third kappa shape index (κ3) is 1.42. The number of benzene rings is 1. The second kappa shape index (κ2) is 3.11. The van der Waals surface area contributed by atoms with E-state index in [1.807, 2.05) is 30.3 Å². The second-order valence-electron chi connectivity index (χ2n) is 2.53. The van der Waals surface area contributed by atoms with Gasteiger partial charge in [-0.05, 0) is 18.1 Å². The Morgan fingerprint density at radius 1 is 1.23 bits per heavy atom. The van der Waals surface area contributed by atoms with Gasteiger partial charge in [0.1, 0.15) is 0 Å². The van der Waals surface area contributed by atoms with Gasteiger partial charge in [0.25, 0.3) is 0 Å². The first-order valence-electron chi connectivity index (χ1n) is 3.84. The molecule has 3 nitrogen and oxygen atoms in total. The van der Waals surface area contributed by atoms with Crippen LogP contribution in [-0.4, -0.2) is 15.0 Å². The first-order valence-corrected chi connectivity index (χ1v) is 3.84. The van der Waals surface area contributed by atoms with Gasteiger partial charge >= 0.3 is 0 Å². The first kappa shape index (κ1) is 7.56. The molecule has 0 aliphatic heterocycles. The summed E-state index contributed by atoms with van der Waals surface area (Å²) in [5.41, 5.74) is 1.50. The lowest BCUT2D eigenvalue weighted by Gasteiger charge is -1.96. The van der Waals surface area contributed by atoms with Crippen LogP contribution in [0.1, 0.15) is 5.69 Å². The van der Waals surface area contributed by atoms with Crippen molar-refractivity contribution < 1.29 is 0 Å². The first-order chi connectivity index (χ1) is 6.40. The van der Waals surface area contributed by atoms with Crippen LogP contribution in [0.5, 0.6) is 0 Å². The van der Waals surface area contributed by atoms with E-state index in [1.54, 1.807) is 10.9 Å². The molecule has 0 aliphatic carbocycles. The van der Waals surface area contributed by atoms with Gasteiger partial charge in [-0.3, -0.25) is 0 Å². The normalized spacial score (nSPS) is 9.46. The molecule has 1 aromatic heterocycles. The molecule has 1 heterocycles. The zero-order valence-corrected chi connectivity index (χ0v) is 6.88. The molecule has 0 aliphatic rings. The van der Waals surface area contributed by atoms with Crippen molar-refractivity contribution in [3.63, 3.8) is 0 Å². The van der Waals surface area contributed by atoms with Crippen LogP contribution in [0.15, 0.2) is 36.5 Å². The third-order valence-electron chi connectivity index (χ3n) is 1.66. The molecule has 0 spiro atoms. The molecule has 2 rings (SSSR count). The van der Waals surface area contributed by atoms with E-state index in [0.717, 1.165) is 5.69 Å². The fraction of sp³-hybridized carbons (Fsp3) is 0. The van der Waals surface area contributed by atoms with Crippen molar-refractivity contribution in [3.05, 3.63) is 42.2 Å². The monoisotopic (exact) mass is 169 g/mol. The molecule has 0 saturated carbocycles. The van der Waals surface area contributed by atoms with Crippen LogP contribution in [0.2, 0.25) is 0 Å². The summed E-state index contributed by atoms with van der Waals surface area (Å²) < 4.78 is 1.65. The quantitative estimate of drug-likeness (QED) is 0.601. The Bertz CT molecular complexity index is 437. The molecular weight excluding hydrogens is 162 g/mol. The molecule has 0 radical (unpaired) electrons. The summed E-state index contributed by atoms with van der Waals surface area (Å²) in [6.07, 6.45) is 6.89. The van der Waals surface area contributed by atoms with Crippen LogP contribution in [0.25, 0.3) is 5.69 Å². The minimum absolute atomic E-state index is 0.545. The van der Waals surface area contributed by atoms with Crippen molar-refractivity contribution in [3.8, 4) is 18.0 Å². The van der Waals surface area contributed by atoms with Gasteiger partial charge < -0.3 is 0 Å². The van der Waals surface area contributed by atoms with Gasteiger partial charge in [-0.1, -0.05) is 23.4 Å². The maximum Gasteiger partial charge on any atom is 0.155 e. The predicted octanol–water partition coefficient (Wildman–Crippen LogP) is 1.25. The number of hydrogen-bond donors (Lipinski definition) is 0. The van der Waals surface area contributed by atoms with E-state index >= 15 is 0 Å². The van der Waals surface area contributed by atoms with Crippen molar-refractivity contribution in [2.75, 3.05) is 0 Å². The van der Waals surface area contributed by atoms with E-state index in [2.05, 4.69) is 16.2 Å². The van der Waals surface area contributed by atoms with Gasteiger partial charge in [-0.2, -0.15) is 0 Å². The molecule has 0 amide bonds. The summed E-state index contributed by atoms with van der Waals surface area (Å²) >= 11 is 0. The minimum atomic E-state index is 0.545. The second-order valence-corrected chi connectivity index (χ2v) is 2.53. The van der Waals surface area contributed by atoms with Gasteiger partial charge in [0.05, 0.1) is 11.9 Å². The van der Waals surface area contributed by atoms with Gasteiger partial charge in [0.15, 0.2) is 5.69 Å². The summed E-state index contributed by atoms with van der Waals surface area (Å²) in [5, 5.41) is 7.67. The summed E-state index contributed by atoms with van der Waals surface area (Å²) in [7, 11) is 0. The van der Waals surface area contributed by atoms with Crippen molar-refractivity contribution in [1.82, 2.24) is 15.0 Å². The topological polar surface area (TPSA) is 30.7 Å². The third-order valence-corrected chi connectivity index (χ3v) is 1.66. The number of nitrogens with zero attached hydrogens (tertiary/aromatic N) is 3. The van der Waals surface area contributed by atoms with Gasteiger partial charge in [-0.25, -0.2) is 4.68 Å². The number of aromatic nitrogens is 3. The van der Waals surface area contributed by atoms with Crippen LogP contribution in [0.4, 0.5) is 0 Å². The smallest absolute Gasteiger partial charge is 0.155 e. The van der Waals surface area contributed by atoms with E-state index in [0.29, 0.717) is 5.69 Å². The highest BCUT2D eigenvalue weighted by Gasteiger charge is 1.97. The molecule has 0 atom stereocenters. The molecule has 0 bridgehead atoms. The fourth-order valence-electron chi connectivity index (χ4n) is 1.04. The number of para-hydroxylation sites is 1. The van der Waals surface area contributed by atoms with Crippen molar-refractivity contribution in [2.24, 2.45) is 0 Å². The van der Waals surface area contributed by atoms with Crippen molar-refractivity contribution in [2.45, 2.75) is 0 Å². The molecule has 3 heteroatoms. The predicted molar refractivity (Wildman–Crippen MR) is 49.3 cm³/mol. The highest BCUT2D eigenvalue weighted by molar-refractivity contribution is 5.31. The molecule has 0 unspecified atom stereocenters. The summed E-state index contributed by atoms with van der Waals surface area (Å²) in [4.78, 5) is 0. The van der Waals surface area contributed by atoms with Gasteiger partial charge in [-0.15, -0.1) is 11.5 Å². The van der Waals surface area contributed by atoms with E-state index in [-0.39, 0.29) is 0 Å². The van der Waals surface area contributed by atoms with Gasteiger partial charge in [0, 0.05) is 0 Å². The average Bonchev–Trinajstić information content (AvgIpc) is 2.67. The molecular formula is C10H7N3. The highest BCUT2D eigenvalue weighted by Crippen LogP contribution is 2.04. The van der Waals surface area contributed by atoms with Crippen LogP contribution in [-0.2, 0) is 0 Å². The number of hydrogen-bond acceptors (Lipinski definition) is 2. The largest absolute Gasteiger partial charge is 0.219 e. The number of terminal acetylenes is 1. The Balaban J connectivity index is 2.43. The van der Waals surface area contributed by atoms with Crippen LogP contribution in [0, 0.1) is 12.3 Å². The van der Waals surface area contributed by atoms with Crippen LogP contribution in [0.3, 0.4) is 0 Å². The molecule has 2 aromatic rings. The van der Waals surface area contributed by atoms with Crippen LogP contribution < -0.4 is 0 Å². The molecule has 1 aromatic carbocycles. The van der Waals surface area contributed by atoms with Crippen LogP contribution >= 0.6 is 0 Å². The lowest BCUT2D eigenvalue weighted by atomic mass is 10.3. The van der Waals surface area contributed by atoms with Crippen molar-refractivity contribution >= 4 is 0 Å². The Labute approximate surface area is 76.0 Å². The molecule has 0 N–H and O–H groups in total. The highest BCUT2D eigenvalue weighted by atomic mass is 15.4. The van der Waals surface area contributed by atoms with E-state index < -0.39 is 0 Å². The molecule has 0 fully saturated rings. The van der Waals surface area contributed by atoms with Crippen molar-refractivity contribution in [1.29, 1.82) is 0 Å². The molecule has 62 valence electrons. The van der Waals surface area contributed by atoms with Gasteiger partial charge in [0.2, 0.25) is 0 Å².